The number of nitrogens with zero attached hydrogens (tertiary/aromatic N) is 1. The molecule has 1 heterocycles. The lowest BCUT2D eigenvalue weighted by atomic mass is 10.0. The highest BCUT2D eigenvalue weighted by Gasteiger charge is 2.29. The molecule has 0 aliphatic heterocycles. The molecule has 12 heteroatoms. The summed E-state index contributed by atoms with van der Waals surface area (Å²) in [6.45, 7) is 5.59. The summed E-state index contributed by atoms with van der Waals surface area (Å²) in [4.78, 5) is 56.8. The van der Waals surface area contributed by atoms with Crippen LogP contribution in [0.1, 0.15) is 51.2 Å². The number of fused-ring (bicyclic) bond motifs is 1. The maximum atomic E-state index is 13.7. The van der Waals surface area contributed by atoms with Crippen LogP contribution < -0.4 is 16.0 Å². The second-order valence-electron chi connectivity index (χ2n) is 11.8. The van der Waals surface area contributed by atoms with E-state index in [1.54, 1.807) is 20.8 Å². The van der Waals surface area contributed by atoms with E-state index in [1.807, 2.05) is 84.9 Å². The minimum absolute atomic E-state index is 0.137. The van der Waals surface area contributed by atoms with E-state index in [0.717, 1.165) is 33.1 Å². The van der Waals surface area contributed by atoms with Gasteiger partial charge in [0.1, 0.15) is 18.2 Å². The highest BCUT2D eigenvalue weighted by molar-refractivity contribution is 8.15. The first-order valence-corrected chi connectivity index (χ1v) is 17.0. The predicted octanol–water partition coefficient (Wildman–Crippen LogP) is 6.63. The topological polar surface area (TPSA) is 136 Å². The van der Waals surface area contributed by atoms with Crippen LogP contribution in [0.25, 0.3) is 10.2 Å². The Balaban J connectivity index is 1.42. The zero-order chi connectivity index (χ0) is 33.6. The van der Waals surface area contributed by atoms with Gasteiger partial charge in [0, 0.05) is 6.54 Å². The number of para-hydroxylation sites is 1. The SMILES string of the molecule is CC(C)(C)OC(=O)N[C@@H](CCc1ccccc1)C(=O)N[C@@H](CCCNC(=O)OCc1ccccc1)C(=O)Sc1nc2ccccc2s1. The lowest BCUT2D eigenvalue weighted by molar-refractivity contribution is -0.126. The van der Waals surface area contributed by atoms with Crippen molar-refractivity contribution >= 4 is 56.5 Å². The van der Waals surface area contributed by atoms with Crippen molar-refractivity contribution in [2.45, 2.75) is 75.1 Å². The number of aromatic nitrogens is 1. The van der Waals surface area contributed by atoms with Crippen molar-refractivity contribution in [3.05, 3.63) is 96.1 Å². The molecule has 0 radical (unpaired) electrons. The number of aryl methyl sites for hydroxylation is 1. The molecule has 47 heavy (non-hydrogen) atoms. The number of carbonyl (C=O) groups excluding carboxylic acids is 4. The van der Waals surface area contributed by atoms with Crippen molar-refractivity contribution in [3.63, 3.8) is 0 Å². The molecule has 10 nitrogen and oxygen atoms in total. The van der Waals surface area contributed by atoms with Gasteiger partial charge in [0.15, 0.2) is 4.34 Å². The molecule has 0 fully saturated rings. The summed E-state index contributed by atoms with van der Waals surface area (Å²) in [7, 11) is 0. The molecule has 248 valence electrons. The summed E-state index contributed by atoms with van der Waals surface area (Å²) < 4.78 is 12.2. The number of nitrogens with one attached hydrogen (secondary N) is 3. The van der Waals surface area contributed by atoms with Crippen molar-refractivity contribution in [3.8, 4) is 0 Å². The third-order valence-corrected chi connectivity index (χ3v) is 8.87. The number of ether oxygens (including phenoxy) is 2. The van der Waals surface area contributed by atoms with E-state index in [-0.39, 0.29) is 31.1 Å². The number of amides is 3. The lowest BCUT2D eigenvalue weighted by Crippen LogP contribution is -2.52. The van der Waals surface area contributed by atoms with E-state index in [9.17, 15) is 19.2 Å². The van der Waals surface area contributed by atoms with Gasteiger partial charge in [-0.25, -0.2) is 14.6 Å². The molecule has 0 bridgehead atoms. The molecule has 3 amide bonds. The van der Waals surface area contributed by atoms with Gasteiger partial charge in [-0.3, -0.25) is 9.59 Å². The molecule has 3 aromatic carbocycles. The lowest BCUT2D eigenvalue weighted by Gasteiger charge is -2.25. The minimum atomic E-state index is -0.959. The number of thiazole rings is 1. The molecule has 0 saturated carbocycles. The van der Waals surface area contributed by atoms with Crippen molar-refractivity contribution in [1.82, 2.24) is 20.9 Å². The number of hydrogen-bond acceptors (Lipinski definition) is 9. The highest BCUT2D eigenvalue weighted by atomic mass is 32.2. The Hall–Kier alpha value is -4.42. The number of hydrogen-bond donors (Lipinski definition) is 3. The van der Waals surface area contributed by atoms with Crippen LogP contribution in [0.4, 0.5) is 9.59 Å². The fourth-order valence-electron chi connectivity index (χ4n) is 4.52. The van der Waals surface area contributed by atoms with Crippen LogP contribution in [0, 0.1) is 0 Å². The predicted molar refractivity (Wildman–Crippen MR) is 184 cm³/mol. The van der Waals surface area contributed by atoms with E-state index >= 15 is 0 Å². The zero-order valence-corrected chi connectivity index (χ0v) is 28.3. The summed E-state index contributed by atoms with van der Waals surface area (Å²) in [6, 6.07) is 24.7. The number of carbonyl (C=O) groups is 4. The average Bonchev–Trinajstić information content (AvgIpc) is 3.45. The van der Waals surface area contributed by atoms with Gasteiger partial charge in [-0.1, -0.05) is 72.8 Å². The maximum absolute atomic E-state index is 13.7. The normalized spacial score (nSPS) is 12.5. The van der Waals surface area contributed by atoms with Gasteiger partial charge < -0.3 is 25.4 Å². The van der Waals surface area contributed by atoms with Crippen LogP contribution in [-0.4, -0.2) is 52.4 Å². The number of thioether (sulfide) groups is 1. The second-order valence-corrected chi connectivity index (χ2v) is 14.1. The van der Waals surface area contributed by atoms with E-state index in [0.29, 0.717) is 17.2 Å². The van der Waals surface area contributed by atoms with Crippen molar-refractivity contribution in [2.24, 2.45) is 0 Å². The zero-order valence-electron chi connectivity index (χ0n) is 26.7. The Bertz CT molecular complexity index is 1590. The molecular formula is C35H40N4O6S2. The summed E-state index contributed by atoms with van der Waals surface area (Å²) in [6.07, 6.45) is 0.117. The van der Waals surface area contributed by atoms with Gasteiger partial charge in [0.05, 0.1) is 16.3 Å². The third-order valence-electron chi connectivity index (χ3n) is 6.79. The van der Waals surface area contributed by atoms with E-state index in [4.69, 9.17) is 9.47 Å². The quantitative estimate of drug-likeness (QED) is 0.100. The Morgan fingerprint density at radius 2 is 1.47 bits per heavy atom. The second kappa shape index (κ2) is 17.5. The first kappa shape index (κ1) is 35.4. The van der Waals surface area contributed by atoms with Gasteiger partial charge in [-0.2, -0.15) is 0 Å². The molecule has 0 aliphatic carbocycles. The molecule has 0 aliphatic rings. The van der Waals surface area contributed by atoms with Crippen LogP contribution in [0.15, 0.2) is 89.3 Å². The van der Waals surface area contributed by atoms with E-state index in [1.165, 1.54) is 11.3 Å². The molecule has 4 aromatic rings. The van der Waals surface area contributed by atoms with Crippen LogP contribution in [0.2, 0.25) is 0 Å². The van der Waals surface area contributed by atoms with Crippen LogP contribution >= 0.6 is 23.1 Å². The maximum Gasteiger partial charge on any atom is 0.408 e. The largest absolute Gasteiger partial charge is 0.445 e. The Kier molecular flexibility index (Phi) is 13.2. The summed E-state index contributed by atoms with van der Waals surface area (Å²) >= 11 is 2.36. The van der Waals surface area contributed by atoms with Crippen molar-refractivity contribution in [1.29, 1.82) is 0 Å². The van der Waals surface area contributed by atoms with Gasteiger partial charge >= 0.3 is 12.2 Å². The molecule has 0 unspecified atom stereocenters. The Labute approximate surface area is 283 Å². The molecule has 1 aromatic heterocycles. The van der Waals surface area contributed by atoms with Gasteiger partial charge in [-0.15, -0.1) is 11.3 Å². The number of rotatable bonds is 14. The molecule has 2 atom stereocenters. The summed E-state index contributed by atoms with van der Waals surface area (Å²) in [5, 5.41) is 7.95. The van der Waals surface area contributed by atoms with Crippen LogP contribution in [0.3, 0.4) is 0 Å². The van der Waals surface area contributed by atoms with Crippen molar-refractivity contribution in [2.75, 3.05) is 6.54 Å². The monoisotopic (exact) mass is 676 g/mol. The average molecular weight is 677 g/mol. The molecular weight excluding hydrogens is 637 g/mol. The van der Waals surface area contributed by atoms with Crippen LogP contribution in [-0.2, 0) is 32.1 Å². The molecule has 4 rings (SSSR count). The Morgan fingerprint density at radius 1 is 0.809 bits per heavy atom. The first-order valence-electron chi connectivity index (χ1n) is 15.4. The van der Waals surface area contributed by atoms with Crippen molar-refractivity contribution < 1.29 is 28.7 Å². The standard InChI is InChI=1S/C35H40N4O6S2/c1-35(2,3)45-33(43)38-27(21-20-24-13-6-4-7-14-24)30(40)37-28(31(41)47-34-39-26-17-10-11-19-29(26)46-34)18-12-22-36-32(42)44-23-25-15-8-5-9-16-25/h4-11,13-17,19,27-28H,12,18,20-23H2,1-3H3,(H,36,42)(H,37,40)(H,38,43)/t27-,28-/m0/s1. The minimum Gasteiger partial charge on any atom is -0.445 e. The molecule has 0 saturated heterocycles. The van der Waals surface area contributed by atoms with Gasteiger partial charge in [0.2, 0.25) is 11.0 Å². The third kappa shape index (κ3) is 12.4. The summed E-state index contributed by atoms with van der Waals surface area (Å²) in [5.41, 5.74) is 1.89. The number of benzene rings is 3. The van der Waals surface area contributed by atoms with E-state index < -0.39 is 35.8 Å². The fraction of sp³-hybridized carbons (Fsp3) is 0.343. The fourth-order valence-corrected chi connectivity index (χ4v) is 6.53. The smallest absolute Gasteiger partial charge is 0.408 e. The van der Waals surface area contributed by atoms with E-state index in [2.05, 4.69) is 20.9 Å². The van der Waals surface area contributed by atoms with Crippen LogP contribution in [0.5, 0.6) is 0 Å². The highest BCUT2D eigenvalue weighted by Crippen LogP contribution is 2.31. The molecule has 0 spiro atoms. The first-order chi connectivity index (χ1) is 22.6. The number of alkyl carbamates (subject to hydrolysis) is 2. The van der Waals surface area contributed by atoms with Gasteiger partial charge in [-0.05, 0) is 81.5 Å². The van der Waals surface area contributed by atoms with Gasteiger partial charge in [0.25, 0.3) is 0 Å². The summed E-state index contributed by atoms with van der Waals surface area (Å²) in [5.74, 6) is -0.509. The Morgan fingerprint density at radius 3 is 2.15 bits per heavy atom. The molecule has 3 N–H and O–H groups in total.